The molecule has 0 atom stereocenters. The van der Waals surface area contributed by atoms with Crippen molar-refractivity contribution in [2.24, 2.45) is 0 Å². The van der Waals surface area contributed by atoms with Crippen LogP contribution in [0.2, 0.25) is 0 Å². The molecule has 0 unspecified atom stereocenters. The normalized spacial score (nSPS) is 13.1. The molecule has 0 radical (unpaired) electrons. The molecule has 2 N–H and O–H groups in total. The molecule has 0 saturated carbocycles. The van der Waals surface area contributed by atoms with E-state index < -0.39 is 0 Å². The Morgan fingerprint density at radius 2 is 1.61 bits per heavy atom. The van der Waals surface area contributed by atoms with E-state index in [0.29, 0.717) is 17.8 Å². The molecular weight excluding hydrogens is 472 g/mol. The van der Waals surface area contributed by atoms with Gasteiger partial charge in [0.15, 0.2) is 5.82 Å². The third-order valence-electron chi connectivity index (χ3n) is 6.81. The van der Waals surface area contributed by atoms with Crippen LogP contribution in [0, 0.1) is 0 Å². The average Bonchev–Trinajstić information content (AvgIpc) is 3.62. The smallest absolute Gasteiger partial charge is 0.280 e. The quantitative estimate of drug-likeness (QED) is 0.298. The van der Waals surface area contributed by atoms with Crippen LogP contribution in [0.15, 0.2) is 115 Å². The number of aromatic nitrogens is 5. The molecular formula is C31H22N6O. The summed E-state index contributed by atoms with van der Waals surface area (Å²) in [6, 6.07) is 31.8. The Bertz CT molecular complexity index is 1820. The van der Waals surface area contributed by atoms with Crippen LogP contribution in [-0.2, 0) is 6.42 Å². The molecule has 0 saturated heterocycles. The summed E-state index contributed by atoms with van der Waals surface area (Å²) >= 11 is 0. The van der Waals surface area contributed by atoms with Crippen molar-refractivity contribution in [2.75, 3.05) is 5.32 Å². The highest BCUT2D eigenvalue weighted by Crippen LogP contribution is 2.40. The van der Waals surface area contributed by atoms with Gasteiger partial charge in [0.25, 0.3) is 5.91 Å². The number of H-pyrrole nitrogens is 1. The Morgan fingerprint density at radius 1 is 0.816 bits per heavy atom. The molecule has 6 aromatic rings. The number of hydrogen-bond acceptors (Lipinski definition) is 5. The second-order valence-electron chi connectivity index (χ2n) is 9.14. The summed E-state index contributed by atoms with van der Waals surface area (Å²) < 4.78 is 1.57. The number of benzene rings is 3. The summed E-state index contributed by atoms with van der Waals surface area (Å²) in [5, 5.41) is 16.4. The number of anilines is 1. The third-order valence-corrected chi connectivity index (χ3v) is 6.81. The van der Waals surface area contributed by atoms with Gasteiger partial charge in [0.2, 0.25) is 0 Å². The van der Waals surface area contributed by atoms with Crippen LogP contribution in [0.1, 0.15) is 16.1 Å². The molecule has 0 spiro atoms. The number of carbonyl (C=O) groups is 1. The fourth-order valence-electron chi connectivity index (χ4n) is 5.10. The summed E-state index contributed by atoms with van der Waals surface area (Å²) in [5.41, 5.74) is 7.56. The maximum Gasteiger partial charge on any atom is 0.280 e. The van der Waals surface area contributed by atoms with Gasteiger partial charge in [-0.15, -0.1) is 0 Å². The molecule has 3 aromatic heterocycles. The first-order valence-corrected chi connectivity index (χ1v) is 12.4. The van der Waals surface area contributed by atoms with Gasteiger partial charge in [-0.3, -0.25) is 14.9 Å². The van der Waals surface area contributed by atoms with Crippen LogP contribution in [0.5, 0.6) is 0 Å². The molecule has 1 aliphatic rings. The Morgan fingerprint density at radius 3 is 2.37 bits per heavy atom. The minimum Gasteiger partial charge on any atom is -0.341 e. The lowest BCUT2D eigenvalue weighted by molar-refractivity contribution is 0.0958. The van der Waals surface area contributed by atoms with Crippen LogP contribution in [0.3, 0.4) is 0 Å². The van der Waals surface area contributed by atoms with Crippen molar-refractivity contribution in [3.05, 3.63) is 126 Å². The average molecular weight is 495 g/mol. The maximum atomic E-state index is 14.3. The summed E-state index contributed by atoms with van der Waals surface area (Å²) in [5.74, 6) is 0.456. The fraction of sp³-hybridized carbons (Fsp3) is 0.0323. The van der Waals surface area contributed by atoms with Gasteiger partial charge in [0.05, 0.1) is 16.8 Å². The minimum atomic E-state index is -0.188. The van der Waals surface area contributed by atoms with Crippen molar-refractivity contribution in [2.45, 2.75) is 6.42 Å². The van der Waals surface area contributed by atoms with Gasteiger partial charge in [-0.25, -0.2) is 0 Å². The van der Waals surface area contributed by atoms with Crippen molar-refractivity contribution in [3.63, 3.8) is 0 Å². The predicted octanol–water partition coefficient (Wildman–Crippen LogP) is 6.21. The van der Waals surface area contributed by atoms with Gasteiger partial charge in [0.1, 0.15) is 5.69 Å². The van der Waals surface area contributed by atoms with Gasteiger partial charge < -0.3 is 5.32 Å². The summed E-state index contributed by atoms with van der Waals surface area (Å²) in [4.78, 5) is 18.7. The predicted molar refractivity (Wildman–Crippen MR) is 148 cm³/mol. The Labute approximate surface area is 218 Å². The number of hydrogen-bond donors (Lipinski definition) is 2. The molecule has 7 heteroatoms. The third kappa shape index (κ3) is 3.69. The molecule has 4 heterocycles. The van der Waals surface area contributed by atoms with Crippen molar-refractivity contribution in [3.8, 4) is 22.4 Å². The zero-order chi connectivity index (χ0) is 25.5. The zero-order valence-electron chi connectivity index (χ0n) is 20.3. The van der Waals surface area contributed by atoms with Gasteiger partial charge in [-0.2, -0.15) is 14.9 Å². The molecule has 1 aliphatic heterocycles. The summed E-state index contributed by atoms with van der Waals surface area (Å²) in [6.45, 7) is 0. The van der Waals surface area contributed by atoms with Gasteiger partial charge in [-0.1, -0.05) is 72.8 Å². The number of allylic oxidation sites excluding steroid dienone is 2. The molecule has 3 aromatic carbocycles. The lowest BCUT2D eigenvalue weighted by Crippen LogP contribution is -2.26. The second kappa shape index (κ2) is 8.97. The SMILES string of the molecule is O=C1C(c2ccc3ncccc3c2)=C(Nc2cc[nH]n2)Cc2c(-c3ccccc3)c(-c3ccccc3)nn21. The van der Waals surface area contributed by atoms with Crippen LogP contribution in [-0.4, -0.2) is 30.9 Å². The van der Waals surface area contributed by atoms with Crippen molar-refractivity contribution in [1.29, 1.82) is 0 Å². The number of rotatable bonds is 5. The zero-order valence-corrected chi connectivity index (χ0v) is 20.3. The van der Waals surface area contributed by atoms with E-state index in [9.17, 15) is 4.79 Å². The van der Waals surface area contributed by atoms with Crippen molar-refractivity contribution in [1.82, 2.24) is 25.0 Å². The summed E-state index contributed by atoms with van der Waals surface area (Å²) in [6.07, 6.45) is 4.00. The molecule has 38 heavy (non-hydrogen) atoms. The monoisotopic (exact) mass is 494 g/mol. The van der Waals surface area contributed by atoms with Crippen molar-refractivity contribution < 1.29 is 4.79 Å². The van der Waals surface area contributed by atoms with Crippen LogP contribution >= 0.6 is 0 Å². The Balaban J connectivity index is 1.45. The van der Waals surface area contributed by atoms with E-state index >= 15 is 0 Å². The van der Waals surface area contributed by atoms with E-state index in [0.717, 1.165) is 50.2 Å². The first-order chi connectivity index (χ1) is 18.8. The summed E-state index contributed by atoms with van der Waals surface area (Å²) in [7, 11) is 0. The largest absolute Gasteiger partial charge is 0.341 e. The molecule has 182 valence electrons. The van der Waals surface area contributed by atoms with E-state index in [1.54, 1.807) is 17.1 Å². The highest BCUT2D eigenvalue weighted by atomic mass is 16.2. The van der Waals surface area contributed by atoms with Crippen molar-refractivity contribution >= 4 is 28.2 Å². The molecule has 0 fully saturated rings. The number of aromatic amines is 1. The highest BCUT2D eigenvalue weighted by molar-refractivity contribution is 6.23. The van der Waals surface area contributed by atoms with E-state index in [1.165, 1.54) is 0 Å². The Hall–Kier alpha value is -5.30. The minimum absolute atomic E-state index is 0.188. The first kappa shape index (κ1) is 21.9. The van der Waals surface area contributed by atoms with E-state index in [4.69, 9.17) is 5.10 Å². The van der Waals surface area contributed by atoms with Crippen LogP contribution < -0.4 is 5.32 Å². The van der Waals surface area contributed by atoms with Gasteiger partial charge in [0, 0.05) is 47.1 Å². The standard InChI is InChI=1S/C31H22N6O/c38-31-28(23-13-14-24-22(18-23)12-7-16-32-24)25(34-27-15-17-33-35-27)19-26-29(20-8-3-1-4-9-20)30(36-37(26)31)21-10-5-2-6-11-21/h1-18H,19H2,(H2,33,34,35). The molecule has 0 amide bonds. The van der Waals surface area contributed by atoms with E-state index in [2.05, 4.69) is 32.6 Å². The lowest BCUT2D eigenvalue weighted by Gasteiger charge is -2.22. The number of pyridine rings is 1. The number of fused-ring (bicyclic) bond motifs is 2. The lowest BCUT2D eigenvalue weighted by atomic mass is 9.92. The van der Waals surface area contributed by atoms with Gasteiger partial charge in [-0.05, 0) is 29.3 Å². The first-order valence-electron chi connectivity index (χ1n) is 12.4. The van der Waals surface area contributed by atoms with E-state index in [1.807, 2.05) is 84.9 Å². The number of nitrogens with one attached hydrogen (secondary N) is 2. The van der Waals surface area contributed by atoms with E-state index in [-0.39, 0.29) is 5.91 Å². The molecule has 0 bridgehead atoms. The fourth-order valence-corrected chi connectivity index (χ4v) is 5.10. The number of carbonyl (C=O) groups excluding carboxylic acids is 1. The topological polar surface area (TPSA) is 88.5 Å². The van der Waals surface area contributed by atoms with Crippen LogP contribution in [0.4, 0.5) is 5.82 Å². The number of nitrogens with zero attached hydrogens (tertiary/aromatic N) is 4. The Kier molecular flexibility index (Phi) is 5.18. The second-order valence-corrected chi connectivity index (χ2v) is 9.14. The van der Waals surface area contributed by atoms with Crippen LogP contribution in [0.25, 0.3) is 38.9 Å². The molecule has 7 nitrogen and oxygen atoms in total. The maximum absolute atomic E-state index is 14.3. The molecule has 7 rings (SSSR count). The van der Waals surface area contributed by atoms with Gasteiger partial charge >= 0.3 is 0 Å². The molecule has 0 aliphatic carbocycles. The highest BCUT2D eigenvalue weighted by Gasteiger charge is 2.33.